The maximum atomic E-state index is 11.6. The molecule has 20 heavy (non-hydrogen) atoms. The van der Waals surface area contributed by atoms with Gasteiger partial charge in [-0.3, -0.25) is 4.79 Å². The normalized spacial score (nSPS) is 11.9. The molecule has 2 aromatic rings. The minimum absolute atomic E-state index is 0.252. The van der Waals surface area contributed by atoms with Gasteiger partial charge in [-0.15, -0.1) is 0 Å². The van der Waals surface area contributed by atoms with Crippen LogP contribution in [-0.2, 0) is 4.79 Å². The van der Waals surface area contributed by atoms with E-state index >= 15 is 0 Å². The molecule has 0 atom stereocenters. The minimum atomic E-state index is -0.252. The lowest BCUT2D eigenvalue weighted by atomic mass is 10.3. The molecule has 0 fully saturated rings. The highest BCUT2D eigenvalue weighted by atomic mass is 16.1. The maximum Gasteiger partial charge on any atom is 0.269 e. The molecule has 1 amide bonds. The van der Waals surface area contributed by atoms with Crippen molar-refractivity contribution in [2.24, 2.45) is 4.99 Å². The third kappa shape index (κ3) is 4.02. The number of para-hydroxylation sites is 1. The Morgan fingerprint density at radius 2 is 2.10 bits per heavy atom. The first-order valence-corrected chi connectivity index (χ1v) is 6.65. The van der Waals surface area contributed by atoms with Crippen molar-refractivity contribution in [3.8, 4) is 5.69 Å². The molecule has 0 bridgehead atoms. The fraction of sp³-hybridized carbons (Fsp3) is 0.188. The molecule has 0 saturated carbocycles. The number of hydrogen-bond acceptors (Lipinski definition) is 2. The Balaban J connectivity index is 2.14. The molecule has 1 aromatic heterocycles. The monoisotopic (exact) mass is 267 g/mol. The summed E-state index contributed by atoms with van der Waals surface area (Å²) in [5.74, 6) is -0.252. The summed E-state index contributed by atoms with van der Waals surface area (Å²) in [6, 6.07) is 11.5. The van der Waals surface area contributed by atoms with Crippen molar-refractivity contribution in [1.29, 1.82) is 0 Å². The van der Waals surface area contributed by atoms with Crippen molar-refractivity contribution in [2.75, 3.05) is 0 Å². The van der Waals surface area contributed by atoms with Gasteiger partial charge in [0.25, 0.3) is 5.91 Å². The van der Waals surface area contributed by atoms with Crippen LogP contribution in [0.5, 0.6) is 0 Å². The van der Waals surface area contributed by atoms with Gasteiger partial charge in [0.15, 0.2) is 0 Å². The van der Waals surface area contributed by atoms with Crippen molar-refractivity contribution < 1.29 is 4.79 Å². The standard InChI is InChI=1S/C16H17N3O/c1-2-3-5-10-16(20)18-14-11-12-19(17-13-14)15-8-6-4-7-9-15/h4-13H,2-3H2,1H3/b10-5+,18-14?. The Labute approximate surface area is 118 Å². The van der Waals surface area contributed by atoms with Crippen LogP contribution >= 0.6 is 0 Å². The van der Waals surface area contributed by atoms with Gasteiger partial charge in [0, 0.05) is 12.3 Å². The number of rotatable bonds is 4. The molecule has 0 aliphatic rings. The Hall–Kier alpha value is -2.49. The molecular formula is C16H17N3O. The van der Waals surface area contributed by atoms with Crippen molar-refractivity contribution in [3.05, 3.63) is 66.3 Å². The highest BCUT2D eigenvalue weighted by Gasteiger charge is 1.94. The second kappa shape index (κ2) is 7.19. The van der Waals surface area contributed by atoms with Gasteiger partial charge in [-0.05, 0) is 24.6 Å². The topological polar surface area (TPSA) is 47.2 Å². The maximum absolute atomic E-state index is 11.6. The molecule has 0 spiro atoms. The SMILES string of the molecule is CCC/C=C/C(=O)N=c1ccn(-c2ccccc2)nc1. The van der Waals surface area contributed by atoms with Gasteiger partial charge in [-0.25, -0.2) is 9.67 Å². The van der Waals surface area contributed by atoms with Crippen LogP contribution in [0.25, 0.3) is 5.69 Å². The first kappa shape index (κ1) is 13.9. The van der Waals surface area contributed by atoms with Crippen molar-refractivity contribution >= 4 is 5.91 Å². The van der Waals surface area contributed by atoms with E-state index in [1.54, 1.807) is 23.1 Å². The van der Waals surface area contributed by atoms with Crippen LogP contribution in [0, 0.1) is 0 Å². The number of unbranched alkanes of at least 4 members (excludes halogenated alkanes) is 1. The Kier molecular flexibility index (Phi) is 5.00. The predicted octanol–water partition coefficient (Wildman–Crippen LogP) is 2.66. The lowest BCUT2D eigenvalue weighted by molar-refractivity contribution is -0.113. The number of aromatic nitrogens is 2. The van der Waals surface area contributed by atoms with E-state index in [-0.39, 0.29) is 5.91 Å². The molecule has 102 valence electrons. The average molecular weight is 267 g/mol. The summed E-state index contributed by atoms with van der Waals surface area (Å²) in [5.41, 5.74) is 0.966. The summed E-state index contributed by atoms with van der Waals surface area (Å²) in [6.45, 7) is 2.06. The lowest BCUT2D eigenvalue weighted by Gasteiger charge is -2.02. The number of carbonyl (C=O) groups is 1. The summed E-state index contributed by atoms with van der Waals surface area (Å²) in [6.07, 6.45) is 8.62. The van der Waals surface area contributed by atoms with E-state index in [1.165, 1.54) is 6.08 Å². The van der Waals surface area contributed by atoms with Gasteiger partial charge >= 0.3 is 0 Å². The molecule has 1 heterocycles. The van der Waals surface area contributed by atoms with Gasteiger partial charge in [-0.2, -0.15) is 5.10 Å². The molecule has 0 aliphatic carbocycles. The summed E-state index contributed by atoms with van der Waals surface area (Å²) in [7, 11) is 0. The molecule has 0 unspecified atom stereocenters. The van der Waals surface area contributed by atoms with Gasteiger partial charge in [0.05, 0.1) is 17.2 Å². The fourth-order valence-electron chi connectivity index (χ4n) is 1.66. The van der Waals surface area contributed by atoms with E-state index in [0.29, 0.717) is 5.36 Å². The fourth-order valence-corrected chi connectivity index (χ4v) is 1.66. The summed E-state index contributed by atoms with van der Waals surface area (Å²) >= 11 is 0. The van der Waals surface area contributed by atoms with Gasteiger partial charge in [-0.1, -0.05) is 37.6 Å². The molecule has 0 saturated heterocycles. The molecule has 2 rings (SSSR count). The van der Waals surface area contributed by atoms with Gasteiger partial charge in [0.2, 0.25) is 0 Å². The predicted molar refractivity (Wildman–Crippen MR) is 78.2 cm³/mol. The number of amides is 1. The molecule has 0 aliphatic heterocycles. The zero-order valence-electron chi connectivity index (χ0n) is 11.4. The zero-order chi connectivity index (χ0) is 14.2. The molecule has 4 nitrogen and oxygen atoms in total. The number of allylic oxidation sites excluding steroid dienone is 1. The Morgan fingerprint density at radius 3 is 2.75 bits per heavy atom. The van der Waals surface area contributed by atoms with E-state index in [4.69, 9.17) is 0 Å². The second-order valence-corrected chi connectivity index (χ2v) is 4.31. The summed E-state index contributed by atoms with van der Waals surface area (Å²) < 4.78 is 1.73. The van der Waals surface area contributed by atoms with Crippen LogP contribution < -0.4 is 5.36 Å². The highest BCUT2D eigenvalue weighted by molar-refractivity contribution is 5.88. The van der Waals surface area contributed by atoms with E-state index in [1.807, 2.05) is 36.4 Å². The average Bonchev–Trinajstić information content (AvgIpc) is 2.49. The van der Waals surface area contributed by atoms with E-state index in [9.17, 15) is 4.79 Å². The first-order chi connectivity index (χ1) is 9.79. The number of nitrogens with zero attached hydrogens (tertiary/aromatic N) is 3. The Bertz CT molecular complexity index is 636. The van der Waals surface area contributed by atoms with E-state index < -0.39 is 0 Å². The molecule has 0 N–H and O–H groups in total. The Morgan fingerprint density at radius 1 is 1.30 bits per heavy atom. The van der Waals surface area contributed by atoms with Crippen molar-refractivity contribution in [1.82, 2.24) is 9.78 Å². The van der Waals surface area contributed by atoms with Crippen LogP contribution in [0.15, 0.2) is 65.9 Å². The highest BCUT2D eigenvalue weighted by Crippen LogP contribution is 2.02. The van der Waals surface area contributed by atoms with E-state index in [0.717, 1.165) is 18.5 Å². The third-order valence-electron chi connectivity index (χ3n) is 2.68. The largest absolute Gasteiger partial charge is 0.269 e. The molecule has 1 aromatic carbocycles. The quantitative estimate of drug-likeness (QED) is 0.799. The molecular weight excluding hydrogens is 250 g/mol. The summed E-state index contributed by atoms with van der Waals surface area (Å²) in [5, 5.41) is 4.80. The molecule has 4 heteroatoms. The number of carbonyl (C=O) groups excluding carboxylic acids is 1. The van der Waals surface area contributed by atoms with Crippen LogP contribution in [-0.4, -0.2) is 15.7 Å². The van der Waals surface area contributed by atoms with Gasteiger partial charge in [0.1, 0.15) is 0 Å². The van der Waals surface area contributed by atoms with Crippen LogP contribution in [0.4, 0.5) is 0 Å². The van der Waals surface area contributed by atoms with Crippen LogP contribution in [0.2, 0.25) is 0 Å². The zero-order valence-corrected chi connectivity index (χ0v) is 11.4. The minimum Gasteiger partial charge on any atom is -0.267 e. The summed E-state index contributed by atoms with van der Waals surface area (Å²) in [4.78, 5) is 15.5. The third-order valence-corrected chi connectivity index (χ3v) is 2.68. The smallest absolute Gasteiger partial charge is 0.267 e. The van der Waals surface area contributed by atoms with Crippen LogP contribution in [0.1, 0.15) is 19.8 Å². The number of hydrogen-bond donors (Lipinski definition) is 0. The van der Waals surface area contributed by atoms with Crippen molar-refractivity contribution in [3.63, 3.8) is 0 Å². The number of benzene rings is 1. The van der Waals surface area contributed by atoms with Crippen molar-refractivity contribution in [2.45, 2.75) is 19.8 Å². The van der Waals surface area contributed by atoms with Gasteiger partial charge < -0.3 is 0 Å². The second-order valence-electron chi connectivity index (χ2n) is 4.31. The van der Waals surface area contributed by atoms with Crippen LogP contribution in [0.3, 0.4) is 0 Å². The van der Waals surface area contributed by atoms with E-state index in [2.05, 4.69) is 17.0 Å². The first-order valence-electron chi connectivity index (χ1n) is 6.65. The molecule has 0 radical (unpaired) electrons. The lowest BCUT2D eigenvalue weighted by Crippen LogP contribution is -2.10.